The molecule has 2 nitrogen and oxygen atoms in total. The van der Waals surface area contributed by atoms with Crippen LogP contribution in [0.1, 0.15) is 47.4 Å². The fourth-order valence-electron chi connectivity index (χ4n) is 3.12. The van der Waals surface area contributed by atoms with Crippen LogP contribution in [0.4, 0.5) is 0 Å². The van der Waals surface area contributed by atoms with E-state index in [-0.39, 0.29) is 0 Å². The number of fused-ring (bicyclic) bond motifs is 1. The molecule has 19 heavy (non-hydrogen) atoms. The SMILES string of the molecule is Cc1cc(C2CC(C)c3cc(O)ccc32)ccc1O. The quantitative estimate of drug-likeness (QED) is 0.806. The van der Waals surface area contributed by atoms with Crippen molar-refractivity contribution in [3.05, 3.63) is 58.7 Å². The molecule has 0 aromatic heterocycles. The second-order valence-corrected chi connectivity index (χ2v) is 5.55. The highest BCUT2D eigenvalue weighted by Gasteiger charge is 2.29. The van der Waals surface area contributed by atoms with Gasteiger partial charge in [-0.3, -0.25) is 0 Å². The number of phenols is 2. The summed E-state index contributed by atoms with van der Waals surface area (Å²) >= 11 is 0. The summed E-state index contributed by atoms with van der Waals surface area (Å²) in [6.07, 6.45) is 1.06. The van der Waals surface area contributed by atoms with E-state index >= 15 is 0 Å². The van der Waals surface area contributed by atoms with E-state index in [9.17, 15) is 10.2 Å². The first-order valence-corrected chi connectivity index (χ1v) is 6.68. The van der Waals surface area contributed by atoms with Crippen molar-refractivity contribution < 1.29 is 10.2 Å². The molecular formula is C17H18O2. The average Bonchev–Trinajstić information content (AvgIpc) is 2.70. The van der Waals surface area contributed by atoms with E-state index in [4.69, 9.17) is 0 Å². The van der Waals surface area contributed by atoms with Gasteiger partial charge in [-0.05, 0) is 59.7 Å². The van der Waals surface area contributed by atoms with E-state index in [2.05, 4.69) is 13.0 Å². The Bertz CT molecular complexity index is 631. The molecule has 1 aliphatic carbocycles. The lowest BCUT2D eigenvalue weighted by Gasteiger charge is -2.13. The van der Waals surface area contributed by atoms with Crippen molar-refractivity contribution in [2.45, 2.75) is 32.1 Å². The minimum Gasteiger partial charge on any atom is -0.508 e. The third kappa shape index (κ3) is 1.97. The highest BCUT2D eigenvalue weighted by molar-refractivity contribution is 5.49. The van der Waals surface area contributed by atoms with Crippen LogP contribution in [-0.4, -0.2) is 10.2 Å². The van der Waals surface area contributed by atoms with E-state index < -0.39 is 0 Å². The van der Waals surface area contributed by atoms with Crippen molar-refractivity contribution in [1.29, 1.82) is 0 Å². The van der Waals surface area contributed by atoms with E-state index in [0.29, 0.717) is 23.3 Å². The van der Waals surface area contributed by atoms with Gasteiger partial charge in [0, 0.05) is 5.92 Å². The molecule has 2 atom stereocenters. The average molecular weight is 254 g/mol. The predicted molar refractivity (Wildman–Crippen MR) is 75.8 cm³/mol. The first-order valence-electron chi connectivity index (χ1n) is 6.68. The number of hydrogen-bond donors (Lipinski definition) is 2. The maximum Gasteiger partial charge on any atom is 0.118 e. The Morgan fingerprint density at radius 2 is 1.79 bits per heavy atom. The van der Waals surface area contributed by atoms with Gasteiger partial charge in [0.05, 0.1) is 0 Å². The Kier molecular flexibility index (Phi) is 2.74. The molecule has 0 heterocycles. The Hall–Kier alpha value is -1.96. The molecule has 0 amide bonds. The second-order valence-electron chi connectivity index (χ2n) is 5.55. The lowest BCUT2D eigenvalue weighted by molar-refractivity contribution is 0.470. The zero-order valence-electron chi connectivity index (χ0n) is 11.2. The Morgan fingerprint density at radius 1 is 1.00 bits per heavy atom. The fraction of sp³-hybridized carbons (Fsp3) is 0.294. The highest BCUT2D eigenvalue weighted by atomic mass is 16.3. The molecule has 2 N–H and O–H groups in total. The third-order valence-corrected chi connectivity index (χ3v) is 4.19. The fourth-order valence-corrected chi connectivity index (χ4v) is 3.12. The molecule has 3 rings (SSSR count). The molecule has 0 spiro atoms. The van der Waals surface area contributed by atoms with Crippen LogP contribution in [0.5, 0.6) is 11.5 Å². The summed E-state index contributed by atoms with van der Waals surface area (Å²) in [5.74, 6) is 1.51. The van der Waals surface area contributed by atoms with E-state index in [1.165, 1.54) is 16.7 Å². The van der Waals surface area contributed by atoms with Crippen LogP contribution in [0.3, 0.4) is 0 Å². The molecule has 98 valence electrons. The van der Waals surface area contributed by atoms with Gasteiger partial charge < -0.3 is 10.2 Å². The zero-order valence-corrected chi connectivity index (χ0v) is 11.2. The topological polar surface area (TPSA) is 40.5 Å². The van der Waals surface area contributed by atoms with Gasteiger partial charge in [0.25, 0.3) is 0 Å². The van der Waals surface area contributed by atoms with Gasteiger partial charge in [0.2, 0.25) is 0 Å². The molecule has 0 radical (unpaired) electrons. The number of hydrogen-bond acceptors (Lipinski definition) is 2. The number of aryl methyl sites for hydroxylation is 1. The largest absolute Gasteiger partial charge is 0.508 e. The summed E-state index contributed by atoms with van der Waals surface area (Å²) in [7, 11) is 0. The second kappa shape index (κ2) is 4.30. The summed E-state index contributed by atoms with van der Waals surface area (Å²) in [5.41, 5.74) is 4.70. The normalized spacial score (nSPS) is 21.4. The number of aromatic hydroxyl groups is 2. The minimum atomic E-state index is 0.341. The molecule has 2 heteroatoms. The summed E-state index contributed by atoms with van der Waals surface area (Å²) < 4.78 is 0. The van der Waals surface area contributed by atoms with Crippen LogP contribution >= 0.6 is 0 Å². The smallest absolute Gasteiger partial charge is 0.118 e. The van der Waals surface area contributed by atoms with Gasteiger partial charge in [0.1, 0.15) is 11.5 Å². The lowest BCUT2D eigenvalue weighted by Crippen LogP contribution is -1.96. The van der Waals surface area contributed by atoms with Crippen molar-refractivity contribution in [3.8, 4) is 11.5 Å². The van der Waals surface area contributed by atoms with Crippen LogP contribution in [-0.2, 0) is 0 Å². The Labute approximate surface area is 113 Å². The molecule has 2 aromatic carbocycles. The highest BCUT2D eigenvalue weighted by Crippen LogP contribution is 2.46. The van der Waals surface area contributed by atoms with Crippen LogP contribution in [0.25, 0.3) is 0 Å². The Balaban J connectivity index is 2.07. The maximum absolute atomic E-state index is 9.64. The van der Waals surface area contributed by atoms with Crippen LogP contribution in [0.15, 0.2) is 36.4 Å². The van der Waals surface area contributed by atoms with Crippen molar-refractivity contribution in [2.75, 3.05) is 0 Å². The molecule has 0 saturated heterocycles. The predicted octanol–water partition coefficient (Wildman–Crippen LogP) is 4.05. The lowest BCUT2D eigenvalue weighted by atomic mass is 9.91. The van der Waals surface area contributed by atoms with Gasteiger partial charge in [-0.25, -0.2) is 0 Å². The van der Waals surface area contributed by atoms with Gasteiger partial charge in [-0.2, -0.15) is 0 Å². The zero-order chi connectivity index (χ0) is 13.6. The van der Waals surface area contributed by atoms with Crippen LogP contribution in [0, 0.1) is 6.92 Å². The first kappa shape index (κ1) is 12.1. The van der Waals surface area contributed by atoms with E-state index in [1.54, 1.807) is 12.1 Å². The molecule has 0 aliphatic heterocycles. The Morgan fingerprint density at radius 3 is 2.53 bits per heavy atom. The van der Waals surface area contributed by atoms with E-state index in [0.717, 1.165) is 12.0 Å². The third-order valence-electron chi connectivity index (χ3n) is 4.19. The molecule has 2 unspecified atom stereocenters. The molecule has 0 fully saturated rings. The molecule has 1 aliphatic rings. The van der Waals surface area contributed by atoms with Gasteiger partial charge in [-0.1, -0.05) is 25.1 Å². The van der Waals surface area contributed by atoms with Gasteiger partial charge in [0.15, 0.2) is 0 Å². The standard InChI is InChI=1S/C17H18O2/c1-10-8-16(12-3-6-17(19)11(2)7-12)14-5-4-13(18)9-15(10)14/h3-7,9-10,16,18-19H,8H2,1-2H3. The molecule has 2 aromatic rings. The molecular weight excluding hydrogens is 236 g/mol. The van der Waals surface area contributed by atoms with E-state index in [1.807, 2.05) is 25.1 Å². The number of benzene rings is 2. The minimum absolute atomic E-state index is 0.341. The molecule has 0 bridgehead atoms. The van der Waals surface area contributed by atoms with Gasteiger partial charge in [-0.15, -0.1) is 0 Å². The van der Waals surface area contributed by atoms with Crippen LogP contribution < -0.4 is 0 Å². The first-order chi connectivity index (χ1) is 9.06. The van der Waals surface area contributed by atoms with Crippen molar-refractivity contribution in [3.63, 3.8) is 0 Å². The number of rotatable bonds is 1. The summed E-state index contributed by atoms with van der Waals surface area (Å²) in [6, 6.07) is 11.5. The van der Waals surface area contributed by atoms with Crippen molar-refractivity contribution in [1.82, 2.24) is 0 Å². The number of phenolic OH excluding ortho intramolecular Hbond substituents is 2. The maximum atomic E-state index is 9.64. The molecule has 0 saturated carbocycles. The monoisotopic (exact) mass is 254 g/mol. The van der Waals surface area contributed by atoms with Crippen LogP contribution in [0.2, 0.25) is 0 Å². The van der Waals surface area contributed by atoms with Crippen molar-refractivity contribution >= 4 is 0 Å². The summed E-state index contributed by atoms with van der Waals surface area (Å²) in [4.78, 5) is 0. The summed E-state index contributed by atoms with van der Waals surface area (Å²) in [5, 5.41) is 19.3. The van der Waals surface area contributed by atoms with Gasteiger partial charge >= 0.3 is 0 Å². The van der Waals surface area contributed by atoms with Crippen molar-refractivity contribution in [2.24, 2.45) is 0 Å². The summed E-state index contributed by atoms with van der Waals surface area (Å²) in [6.45, 7) is 4.13.